The second kappa shape index (κ2) is 5.24. The van der Waals surface area contributed by atoms with Crippen LogP contribution in [-0.4, -0.2) is 23.7 Å². The van der Waals surface area contributed by atoms with Crippen LogP contribution in [0.5, 0.6) is 0 Å². The molecule has 0 bridgehead atoms. The molecule has 0 N–H and O–H groups in total. The summed E-state index contributed by atoms with van der Waals surface area (Å²) in [5.74, 6) is 0.535. The highest BCUT2D eigenvalue weighted by Gasteiger charge is 2.11. The molecule has 1 heterocycles. The van der Waals surface area contributed by atoms with Crippen LogP contribution < -0.4 is 4.90 Å². The van der Waals surface area contributed by atoms with Gasteiger partial charge in [-0.25, -0.2) is 4.98 Å². The smallest absolute Gasteiger partial charge is 0.228 e. The van der Waals surface area contributed by atoms with Crippen molar-refractivity contribution in [2.75, 3.05) is 11.9 Å². The summed E-state index contributed by atoms with van der Waals surface area (Å²) < 4.78 is 0. The molecule has 0 saturated heterocycles. The number of nitrogens with zero attached hydrogens (tertiary/aromatic N) is 2. The first kappa shape index (κ1) is 11.4. The number of Topliss-reactive ketones (excluding diaryl/α,β-unsaturated/α-hetero) is 1. The van der Waals surface area contributed by atoms with Crippen LogP contribution in [-0.2, 0) is 9.59 Å². The zero-order valence-electron chi connectivity index (χ0n) is 8.93. The molecule has 0 fully saturated rings. The number of amides is 1. The average Bonchev–Trinajstić information content (AvgIpc) is 2.26. The zero-order chi connectivity index (χ0) is 11.3. The number of aromatic nitrogens is 1. The van der Waals surface area contributed by atoms with E-state index in [1.165, 1.54) is 11.8 Å². The van der Waals surface area contributed by atoms with Crippen molar-refractivity contribution >= 4 is 17.5 Å². The minimum atomic E-state index is -0.0936. The van der Waals surface area contributed by atoms with Crippen LogP contribution in [0.1, 0.15) is 19.8 Å². The second-order valence-electron chi connectivity index (χ2n) is 3.34. The van der Waals surface area contributed by atoms with Gasteiger partial charge in [0.15, 0.2) is 0 Å². The van der Waals surface area contributed by atoms with E-state index < -0.39 is 0 Å². The maximum Gasteiger partial charge on any atom is 0.228 e. The highest BCUT2D eigenvalue weighted by atomic mass is 16.2. The van der Waals surface area contributed by atoms with Crippen molar-refractivity contribution in [3.63, 3.8) is 0 Å². The molecule has 1 aromatic rings. The normalized spacial score (nSPS) is 9.73. The Morgan fingerprint density at radius 2 is 2.07 bits per heavy atom. The van der Waals surface area contributed by atoms with Gasteiger partial charge in [-0.15, -0.1) is 0 Å². The van der Waals surface area contributed by atoms with Gasteiger partial charge in [0, 0.05) is 26.1 Å². The van der Waals surface area contributed by atoms with Gasteiger partial charge in [-0.2, -0.15) is 0 Å². The van der Waals surface area contributed by atoms with E-state index in [-0.39, 0.29) is 24.5 Å². The number of hydrogen-bond acceptors (Lipinski definition) is 3. The number of anilines is 1. The molecule has 0 aromatic carbocycles. The third-order valence-corrected chi connectivity index (χ3v) is 2.06. The summed E-state index contributed by atoms with van der Waals surface area (Å²) in [6.07, 6.45) is 2.16. The molecule has 4 heteroatoms. The van der Waals surface area contributed by atoms with E-state index in [0.717, 1.165) is 0 Å². The summed E-state index contributed by atoms with van der Waals surface area (Å²) in [5.41, 5.74) is 0. The molecule has 0 atom stereocenters. The van der Waals surface area contributed by atoms with Crippen molar-refractivity contribution in [2.45, 2.75) is 19.8 Å². The summed E-state index contributed by atoms with van der Waals surface area (Å²) in [6.45, 7) is 1.48. The van der Waals surface area contributed by atoms with Crippen LogP contribution in [0.4, 0.5) is 5.82 Å². The molecule has 1 amide bonds. The lowest BCUT2D eigenvalue weighted by Gasteiger charge is -2.15. The van der Waals surface area contributed by atoms with Crippen LogP contribution in [0.3, 0.4) is 0 Å². The van der Waals surface area contributed by atoms with Crippen molar-refractivity contribution in [1.82, 2.24) is 4.98 Å². The van der Waals surface area contributed by atoms with E-state index in [4.69, 9.17) is 0 Å². The van der Waals surface area contributed by atoms with Crippen molar-refractivity contribution in [1.29, 1.82) is 0 Å². The molecule has 0 saturated carbocycles. The molecule has 0 unspecified atom stereocenters. The predicted octanol–water partition coefficient (Wildman–Crippen LogP) is 1.41. The number of rotatable bonds is 4. The molecule has 0 spiro atoms. The predicted molar refractivity (Wildman–Crippen MR) is 57.6 cm³/mol. The lowest BCUT2D eigenvalue weighted by Crippen LogP contribution is -2.27. The molecule has 1 aromatic heterocycles. The Bertz CT molecular complexity index is 349. The zero-order valence-corrected chi connectivity index (χ0v) is 8.93. The molecule has 0 aliphatic carbocycles. The highest BCUT2D eigenvalue weighted by Crippen LogP contribution is 2.08. The van der Waals surface area contributed by atoms with Crippen molar-refractivity contribution in [3.05, 3.63) is 24.4 Å². The third kappa shape index (κ3) is 3.50. The van der Waals surface area contributed by atoms with E-state index in [1.54, 1.807) is 25.4 Å². The second-order valence-corrected chi connectivity index (χ2v) is 3.34. The maximum atomic E-state index is 11.6. The minimum Gasteiger partial charge on any atom is -0.300 e. The third-order valence-electron chi connectivity index (χ3n) is 2.06. The fourth-order valence-electron chi connectivity index (χ4n) is 1.13. The molecule has 0 radical (unpaired) electrons. The number of pyridine rings is 1. The fourth-order valence-corrected chi connectivity index (χ4v) is 1.13. The quantitative estimate of drug-likeness (QED) is 0.748. The summed E-state index contributed by atoms with van der Waals surface area (Å²) in [4.78, 5) is 27.8. The number of carbonyl (C=O) groups excluding carboxylic acids is 2. The van der Waals surface area contributed by atoms with Gasteiger partial charge in [0.1, 0.15) is 11.6 Å². The van der Waals surface area contributed by atoms with Crippen molar-refractivity contribution < 1.29 is 9.59 Å². The molecule has 0 aliphatic heterocycles. The fraction of sp³-hybridized carbons (Fsp3) is 0.364. The van der Waals surface area contributed by atoms with Gasteiger partial charge in [-0.1, -0.05) is 6.07 Å². The first-order valence-electron chi connectivity index (χ1n) is 4.78. The van der Waals surface area contributed by atoms with Crippen LogP contribution >= 0.6 is 0 Å². The standard InChI is InChI=1S/C11H14N2O2/c1-9(14)6-7-11(15)13(2)10-5-3-4-8-12-10/h3-5,8H,6-7H2,1-2H3. The molecule has 1 rings (SSSR count). The lowest BCUT2D eigenvalue weighted by atomic mass is 10.2. The molecule has 4 nitrogen and oxygen atoms in total. The van der Waals surface area contributed by atoms with Crippen LogP contribution in [0.15, 0.2) is 24.4 Å². The van der Waals surface area contributed by atoms with E-state index in [2.05, 4.69) is 4.98 Å². The van der Waals surface area contributed by atoms with Gasteiger partial charge >= 0.3 is 0 Å². The average molecular weight is 206 g/mol. The maximum absolute atomic E-state index is 11.6. The van der Waals surface area contributed by atoms with Gasteiger partial charge in [0.05, 0.1) is 0 Å². The number of hydrogen-bond donors (Lipinski definition) is 0. The van der Waals surface area contributed by atoms with E-state index in [1.807, 2.05) is 6.07 Å². The topological polar surface area (TPSA) is 50.3 Å². The Labute approximate surface area is 88.9 Å². The monoisotopic (exact) mass is 206 g/mol. The number of ketones is 1. The first-order chi connectivity index (χ1) is 7.11. The van der Waals surface area contributed by atoms with E-state index in [0.29, 0.717) is 5.82 Å². The Kier molecular flexibility index (Phi) is 3.97. The molecule has 15 heavy (non-hydrogen) atoms. The van der Waals surface area contributed by atoms with Gasteiger partial charge in [0.2, 0.25) is 5.91 Å². The Hall–Kier alpha value is -1.71. The Morgan fingerprint density at radius 3 is 2.60 bits per heavy atom. The van der Waals surface area contributed by atoms with Crippen LogP contribution in [0.25, 0.3) is 0 Å². The van der Waals surface area contributed by atoms with E-state index in [9.17, 15) is 9.59 Å². The number of carbonyl (C=O) groups is 2. The van der Waals surface area contributed by atoms with Gasteiger partial charge in [0.25, 0.3) is 0 Å². The SMILES string of the molecule is CC(=O)CCC(=O)N(C)c1ccccn1. The van der Waals surface area contributed by atoms with Gasteiger partial charge in [-0.05, 0) is 19.1 Å². The van der Waals surface area contributed by atoms with E-state index >= 15 is 0 Å². The first-order valence-corrected chi connectivity index (χ1v) is 4.78. The molecule has 80 valence electrons. The summed E-state index contributed by atoms with van der Waals surface area (Å²) in [5, 5.41) is 0. The highest BCUT2D eigenvalue weighted by molar-refractivity contribution is 5.94. The minimum absolute atomic E-state index is 0.0257. The van der Waals surface area contributed by atoms with Crippen molar-refractivity contribution in [3.8, 4) is 0 Å². The van der Waals surface area contributed by atoms with Crippen molar-refractivity contribution in [2.24, 2.45) is 0 Å². The Morgan fingerprint density at radius 1 is 1.33 bits per heavy atom. The van der Waals surface area contributed by atoms with Gasteiger partial charge in [-0.3, -0.25) is 9.69 Å². The summed E-state index contributed by atoms with van der Waals surface area (Å²) >= 11 is 0. The van der Waals surface area contributed by atoms with Crippen LogP contribution in [0.2, 0.25) is 0 Å². The summed E-state index contributed by atoms with van der Waals surface area (Å²) in [6, 6.07) is 5.36. The van der Waals surface area contributed by atoms with Gasteiger partial charge < -0.3 is 4.79 Å². The summed E-state index contributed by atoms with van der Waals surface area (Å²) in [7, 11) is 1.66. The molecular formula is C11H14N2O2. The molecule has 0 aliphatic rings. The largest absolute Gasteiger partial charge is 0.300 e. The Balaban J connectivity index is 2.57. The van der Waals surface area contributed by atoms with Crippen LogP contribution in [0, 0.1) is 0 Å². The molecular weight excluding hydrogens is 192 g/mol. The lowest BCUT2D eigenvalue weighted by molar-refractivity contribution is -0.122.